The van der Waals surface area contributed by atoms with Crippen molar-refractivity contribution in [2.24, 2.45) is 5.41 Å². The molecule has 4 amide bonds. The Balaban J connectivity index is 2.08. The molecule has 0 unspecified atom stereocenters. The lowest BCUT2D eigenvalue weighted by Gasteiger charge is -2.30. The molecular formula is C12H8Br2N2O3. The number of anilines is 1. The lowest BCUT2D eigenvalue weighted by molar-refractivity contribution is -0.136. The fourth-order valence-corrected chi connectivity index (χ4v) is 2.89. The van der Waals surface area contributed by atoms with Crippen LogP contribution in [-0.2, 0) is 9.59 Å². The first-order valence-corrected chi connectivity index (χ1v) is 7.19. The van der Waals surface area contributed by atoms with Crippen molar-refractivity contribution in [3.8, 4) is 0 Å². The molecule has 19 heavy (non-hydrogen) atoms. The molecule has 0 radical (unpaired) electrons. The third kappa shape index (κ3) is 1.83. The topological polar surface area (TPSA) is 66.5 Å². The summed E-state index contributed by atoms with van der Waals surface area (Å²) >= 11 is 6.62. The molecular weight excluding hydrogens is 380 g/mol. The van der Waals surface area contributed by atoms with Crippen LogP contribution in [0, 0.1) is 5.41 Å². The number of amides is 4. The quantitative estimate of drug-likeness (QED) is 0.753. The summed E-state index contributed by atoms with van der Waals surface area (Å²) in [5.74, 6) is -0.926. The van der Waals surface area contributed by atoms with Gasteiger partial charge in [-0.3, -0.25) is 14.9 Å². The molecule has 1 N–H and O–H groups in total. The molecule has 2 aliphatic rings. The van der Waals surface area contributed by atoms with E-state index in [2.05, 4.69) is 37.2 Å². The number of halogens is 2. The van der Waals surface area contributed by atoms with Crippen LogP contribution in [0.2, 0.25) is 0 Å². The molecule has 1 aromatic carbocycles. The first-order valence-electron chi connectivity index (χ1n) is 5.61. The Morgan fingerprint density at radius 2 is 1.84 bits per heavy atom. The Kier molecular flexibility index (Phi) is 2.79. The number of hydrogen-bond acceptors (Lipinski definition) is 3. The van der Waals surface area contributed by atoms with Gasteiger partial charge in [-0.15, -0.1) is 0 Å². The van der Waals surface area contributed by atoms with Crippen molar-refractivity contribution in [3.05, 3.63) is 27.1 Å². The fraction of sp³-hybridized carbons (Fsp3) is 0.250. The number of urea groups is 1. The van der Waals surface area contributed by atoms with E-state index in [9.17, 15) is 14.4 Å². The van der Waals surface area contributed by atoms with Crippen LogP contribution in [-0.4, -0.2) is 17.8 Å². The fourth-order valence-electron chi connectivity index (χ4n) is 2.12. The van der Waals surface area contributed by atoms with E-state index in [0.717, 1.165) is 9.37 Å². The normalized spacial score (nSPS) is 20.7. The number of benzene rings is 1. The summed E-state index contributed by atoms with van der Waals surface area (Å²) in [5, 5.41) is 2.25. The van der Waals surface area contributed by atoms with Crippen molar-refractivity contribution in [3.63, 3.8) is 0 Å². The molecule has 1 saturated heterocycles. The van der Waals surface area contributed by atoms with Gasteiger partial charge in [-0.1, -0.05) is 15.9 Å². The molecule has 1 aliphatic carbocycles. The van der Waals surface area contributed by atoms with E-state index < -0.39 is 23.3 Å². The highest BCUT2D eigenvalue weighted by Gasteiger charge is 2.62. The van der Waals surface area contributed by atoms with Gasteiger partial charge in [0, 0.05) is 8.95 Å². The summed E-state index contributed by atoms with van der Waals surface area (Å²) in [6.07, 6.45) is 0.986. The SMILES string of the molecule is O=C1NC(=O)C2(CC2)C(=O)N1c1cc(Br)ccc1Br. The average molecular weight is 388 g/mol. The van der Waals surface area contributed by atoms with Crippen molar-refractivity contribution < 1.29 is 14.4 Å². The van der Waals surface area contributed by atoms with Gasteiger partial charge in [0.15, 0.2) is 0 Å². The Morgan fingerprint density at radius 3 is 2.47 bits per heavy atom. The third-order valence-corrected chi connectivity index (χ3v) is 4.53. The zero-order valence-electron chi connectivity index (χ0n) is 9.57. The molecule has 3 rings (SSSR count). The first kappa shape index (κ1) is 12.8. The number of imide groups is 2. The van der Waals surface area contributed by atoms with Crippen molar-refractivity contribution in [1.82, 2.24) is 5.32 Å². The highest BCUT2D eigenvalue weighted by molar-refractivity contribution is 9.11. The maximum absolute atomic E-state index is 12.4. The molecule has 1 aromatic rings. The summed E-state index contributed by atoms with van der Waals surface area (Å²) in [6, 6.07) is 4.48. The van der Waals surface area contributed by atoms with Crippen molar-refractivity contribution in [1.29, 1.82) is 0 Å². The summed E-state index contributed by atoms with van der Waals surface area (Å²) in [7, 11) is 0. The zero-order chi connectivity index (χ0) is 13.8. The van der Waals surface area contributed by atoms with E-state index in [1.807, 2.05) is 0 Å². The van der Waals surface area contributed by atoms with Crippen LogP contribution < -0.4 is 10.2 Å². The lowest BCUT2D eigenvalue weighted by atomic mass is 10.0. The van der Waals surface area contributed by atoms with Gasteiger partial charge in [0.05, 0.1) is 5.69 Å². The minimum atomic E-state index is -1.03. The largest absolute Gasteiger partial charge is 0.335 e. The molecule has 1 aliphatic heterocycles. The van der Waals surface area contributed by atoms with Crippen LogP contribution in [0.1, 0.15) is 12.8 Å². The number of barbiturate groups is 1. The monoisotopic (exact) mass is 386 g/mol. The van der Waals surface area contributed by atoms with Gasteiger partial charge in [-0.05, 0) is 47.0 Å². The lowest BCUT2D eigenvalue weighted by Crippen LogP contribution is -2.59. The predicted octanol–water partition coefficient (Wildman–Crippen LogP) is 2.57. The molecule has 5 nitrogen and oxygen atoms in total. The Hall–Kier alpha value is -1.21. The average Bonchev–Trinajstić information content (AvgIpc) is 3.13. The maximum Gasteiger partial charge on any atom is 0.335 e. The maximum atomic E-state index is 12.4. The van der Waals surface area contributed by atoms with E-state index >= 15 is 0 Å². The van der Waals surface area contributed by atoms with Crippen LogP contribution in [0.15, 0.2) is 27.1 Å². The summed E-state index contributed by atoms with van der Waals surface area (Å²) in [6.45, 7) is 0. The minimum absolute atomic E-state index is 0.427. The van der Waals surface area contributed by atoms with E-state index in [-0.39, 0.29) is 0 Å². The second-order valence-electron chi connectivity index (χ2n) is 4.58. The molecule has 0 bridgehead atoms. The van der Waals surface area contributed by atoms with Crippen molar-refractivity contribution >= 4 is 55.4 Å². The third-order valence-electron chi connectivity index (χ3n) is 3.37. The summed E-state index contributed by atoms with van der Waals surface area (Å²) in [5.41, 5.74) is -0.606. The highest BCUT2D eigenvalue weighted by Crippen LogP contribution is 2.50. The van der Waals surface area contributed by atoms with E-state index in [0.29, 0.717) is 23.0 Å². The molecule has 7 heteroatoms. The smallest absolute Gasteiger partial charge is 0.276 e. The molecule has 98 valence electrons. The van der Waals surface area contributed by atoms with Crippen LogP contribution in [0.25, 0.3) is 0 Å². The van der Waals surface area contributed by atoms with E-state index in [1.54, 1.807) is 18.2 Å². The Bertz CT molecular complexity index is 625. The number of carbonyl (C=O) groups excluding carboxylic acids is 3. The van der Waals surface area contributed by atoms with Crippen LogP contribution in [0.4, 0.5) is 10.5 Å². The van der Waals surface area contributed by atoms with Crippen molar-refractivity contribution in [2.45, 2.75) is 12.8 Å². The zero-order valence-corrected chi connectivity index (χ0v) is 12.7. The molecule has 1 saturated carbocycles. The van der Waals surface area contributed by atoms with Gasteiger partial charge >= 0.3 is 6.03 Å². The standard InChI is InChI=1S/C12H8Br2N2O3/c13-6-1-2-7(14)8(5-6)16-10(18)12(3-4-12)9(17)15-11(16)19/h1-2,5H,3-4H2,(H,15,17,19). The number of carbonyl (C=O) groups is 3. The summed E-state index contributed by atoms with van der Waals surface area (Å²) in [4.78, 5) is 37.1. The molecule has 1 spiro atoms. The number of nitrogens with one attached hydrogen (secondary N) is 1. The second-order valence-corrected chi connectivity index (χ2v) is 6.35. The predicted molar refractivity (Wildman–Crippen MR) is 74.5 cm³/mol. The van der Waals surface area contributed by atoms with Gasteiger partial charge in [-0.25, -0.2) is 9.69 Å². The van der Waals surface area contributed by atoms with Gasteiger partial charge in [0.1, 0.15) is 5.41 Å². The highest BCUT2D eigenvalue weighted by atomic mass is 79.9. The van der Waals surface area contributed by atoms with Gasteiger partial charge < -0.3 is 0 Å². The van der Waals surface area contributed by atoms with Crippen LogP contribution >= 0.6 is 31.9 Å². The second kappa shape index (κ2) is 4.14. The van der Waals surface area contributed by atoms with Gasteiger partial charge in [0.25, 0.3) is 5.91 Å². The first-order chi connectivity index (χ1) is 8.95. The Labute approximate surface area is 125 Å². The minimum Gasteiger partial charge on any atom is -0.276 e. The molecule has 0 atom stereocenters. The van der Waals surface area contributed by atoms with Crippen LogP contribution in [0.5, 0.6) is 0 Å². The number of rotatable bonds is 1. The van der Waals surface area contributed by atoms with Gasteiger partial charge in [0.2, 0.25) is 5.91 Å². The molecule has 2 fully saturated rings. The molecule has 1 heterocycles. The molecule has 0 aromatic heterocycles. The van der Waals surface area contributed by atoms with Crippen LogP contribution in [0.3, 0.4) is 0 Å². The van der Waals surface area contributed by atoms with E-state index in [1.165, 1.54) is 0 Å². The van der Waals surface area contributed by atoms with E-state index in [4.69, 9.17) is 0 Å². The number of hydrogen-bond donors (Lipinski definition) is 1. The Morgan fingerprint density at radius 1 is 1.16 bits per heavy atom. The van der Waals surface area contributed by atoms with Crippen molar-refractivity contribution in [2.75, 3.05) is 4.90 Å². The summed E-state index contributed by atoms with van der Waals surface area (Å²) < 4.78 is 1.36. The van der Waals surface area contributed by atoms with Gasteiger partial charge in [-0.2, -0.15) is 0 Å². The number of nitrogens with zero attached hydrogens (tertiary/aromatic N) is 1.